The van der Waals surface area contributed by atoms with Crippen LogP contribution in [0.2, 0.25) is 0 Å². The van der Waals surface area contributed by atoms with Crippen molar-refractivity contribution in [3.8, 4) is 5.75 Å². The molecule has 2 aliphatic heterocycles. The van der Waals surface area contributed by atoms with Gasteiger partial charge in [0, 0.05) is 6.54 Å². The Morgan fingerprint density at radius 3 is 2.83 bits per heavy atom. The van der Waals surface area contributed by atoms with Crippen LogP contribution in [0.3, 0.4) is 0 Å². The largest absolute Gasteiger partial charge is 0.479 e. The second-order valence-corrected chi connectivity index (χ2v) is 7.73. The molecular weight excluding hydrogens is 328 g/mol. The van der Waals surface area contributed by atoms with E-state index in [-0.39, 0.29) is 10.8 Å². The van der Waals surface area contributed by atoms with Crippen molar-refractivity contribution in [2.24, 2.45) is 0 Å². The van der Waals surface area contributed by atoms with Crippen LogP contribution >= 0.6 is 0 Å². The van der Waals surface area contributed by atoms with Crippen LogP contribution in [0.15, 0.2) is 47.4 Å². The summed E-state index contributed by atoms with van der Waals surface area (Å²) in [6.07, 6.45) is 0.1000. The van der Waals surface area contributed by atoms with Gasteiger partial charge < -0.3 is 10.1 Å². The molecule has 0 fully saturated rings. The summed E-state index contributed by atoms with van der Waals surface area (Å²) < 4.78 is 32.9. The van der Waals surface area contributed by atoms with Gasteiger partial charge in [-0.2, -0.15) is 0 Å². The van der Waals surface area contributed by atoms with Gasteiger partial charge in [0.2, 0.25) is 0 Å². The number of hydrogen-bond donors (Lipinski definition) is 1. The van der Waals surface area contributed by atoms with Crippen LogP contribution in [0.1, 0.15) is 12.5 Å². The van der Waals surface area contributed by atoms with Crippen molar-refractivity contribution in [2.75, 3.05) is 16.2 Å². The molecule has 2 aromatic carbocycles. The fourth-order valence-electron chi connectivity index (χ4n) is 3.03. The van der Waals surface area contributed by atoms with Crippen LogP contribution in [0.25, 0.3) is 0 Å². The van der Waals surface area contributed by atoms with E-state index in [1.165, 1.54) is 16.4 Å². The van der Waals surface area contributed by atoms with Gasteiger partial charge in [0.1, 0.15) is 5.75 Å². The topological polar surface area (TPSA) is 75.7 Å². The maximum absolute atomic E-state index is 13.0. The molecule has 1 unspecified atom stereocenters. The molecule has 0 saturated heterocycles. The first-order valence-electron chi connectivity index (χ1n) is 7.69. The van der Waals surface area contributed by atoms with Crippen LogP contribution in [-0.4, -0.2) is 27.0 Å². The van der Waals surface area contributed by atoms with Crippen LogP contribution in [0.5, 0.6) is 5.75 Å². The minimum Gasteiger partial charge on any atom is -0.479 e. The molecule has 0 aromatic heterocycles. The van der Waals surface area contributed by atoms with E-state index in [4.69, 9.17) is 4.74 Å². The third-order valence-corrected chi connectivity index (χ3v) is 6.12. The number of fused-ring (bicyclic) bond motifs is 2. The van der Waals surface area contributed by atoms with Crippen LogP contribution in [0, 0.1) is 0 Å². The number of carbonyl (C=O) groups is 1. The molecule has 0 bridgehead atoms. The third-order valence-electron chi connectivity index (χ3n) is 4.31. The van der Waals surface area contributed by atoms with E-state index in [1.54, 1.807) is 13.0 Å². The zero-order valence-corrected chi connectivity index (χ0v) is 13.8. The second-order valence-electron chi connectivity index (χ2n) is 5.86. The molecule has 0 aliphatic carbocycles. The van der Waals surface area contributed by atoms with Crippen LogP contribution in [-0.2, 0) is 21.2 Å². The van der Waals surface area contributed by atoms with Gasteiger partial charge in [0.05, 0.1) is 16.3 Å². The molecule has 1 N–H and O–H groups in total. The number of para-hydroxylation sites is 1. The van der Waals surface area contributed by atoms with Gasteiger partial charge in [-0.1, -0.05) is 18.2 Å². The molecule has 7 heteroatoms. The highest BCUT2D eigenvalue weighted by molar-refractivity contribution is 7.92. The van der Waals surface area contributed by atoms with Crippen molar-refractivity contribution in [2.45, 2.75) is 24.3 Å². The van der Waals surface area contributed by atoms with Crippen molar-refractivity contribution >= 4 is 27.3 Å². The van der Waals surface area contributed by atoms with Gasteiger partial charge in [0.25, 0.3) is 15.9 Å². The highest BCUT2D eigenvalue weighted by atomic mass is 32.2. The first-order valence-corrected chi connectivity index (χ1v) is 9.13. The number of amides is 1. The molecule has 0 radical (unpaired) electrons. The number of benzene rings is 2. The molecule has 0 spiro atoms. The Balaban J connectivity index is 1.74. The second kappa shape index (κ2) is 5.24. The quantitative estimate of drug-likeness (QED) is 0.906. The van der Waals surface area contributed by atoms with Gasteiger partial charge in [0.15, 0.2) is 6.10 Å². The molecule has 1 amide bonds. The molecule has 24 heavy (non-hydrogen) atoms. The number of nitrogens with zero attached hydrogens (tertiary/aromatic N) is 1. The smallest absolute Gasteiger partial charge is 0.265 e. The SMILES string of the molecule is CC1Oc2ccc(S(=O)(=O)N3CCc4ccccc43)cc2NC1=O. The fraction of sp³-hybridized carbons (Fsp3) is 0.235. The molecule has 2 aromatic rings. The predicted molar refractivity (Wildman–Crippen MR) is 89.8 cm³/mol. The van der Waals surface area contributed by atoms with Crippen LogP contribution < -0.4 is 14.4 Å². The first-order chi connectivity index (χ1) is 11.5. The van der Waals surface area contributed by atoms with Gasteiger partial charge in [-0.3, -0.25) is 9.10 Å². The summed E-state index contributed by atoms with van der Waals surface area (Å²) in [6, 6.07) is 12.0. The van der Waals surface area contributed by atoms with E-state index >= 15 is 0 Å². The third kappa shape index (κ3) is 2.24. The standard InChI is InChI=1S/C17H16N2O4S/c1-11-17(20)18-14-10-13(6-7-16(14)23-11)24(21,22)19-9-8-12-4-2-3-5-15(12)19/h2-7,10-11H,8-9H2,1H3,(H,18,20). The summed E-state index contributed by atoms with van der Waals surface area (Å²) in [6.45, 7) is 2.06. The fourth-order valence-corrected chi connectivity index (χ4v) is 4.56. The monoisotopic (exact) mass is 344 g/mol. The lowest BCUT2D eigenvalue weighted by atomic mass is 10.2. The minimum atomic E-state index is -3.69. The molecule has 1 atom stereocenters. The predicted octanol–water partition coefficient (Wildman–Crippen LogP) is 2.16. The zero-order chi connectivity index (χ0) is 16.9. The summed E-state index contributed by atoms with van der Waals surface area (Å²) in [5, 5.41) is 2.68. The maximum atomic E-state index is 13.0. The van der Waals surface area contributed by atoms with E-state index in [0.29, 0.717) is 30.1 Å². The maximum Gasteiger partial charge on any atom is 0.265 e. The highest BCUT2D eigenvalue weighted by Crippen LogP contribution is 2.36. The Labute approximate surface area is 140 Å². The number of carbonyl (C=O) groups excluding carboxylic acids is 1. The van der Waals surface area contributed by atoms with E-state index in [9.17, 15) is 13.2 Å². The summed E-state index contributed by atoms with van der Waals surface area (Å²) in [7, 11) is -3.69. The molecule has 2 heterocycles. The van der Waals surface area contributed by atoms with Gasteiger partial charge in [-0.05, 0) is 43.2 Å². The van der Waals surface area contributed by atoms with Crippen molar-refractivity contribution in [1.82, 2.24) is 0 Å². The van der Waals surface area contributed by atoms with Crippen molar-refractivity contribution < 1.29 is 17.9 Å². The Hall–Kier alpha value is -2.54. The van der Waals surface area contributed by atoms with Gasteiger partial charge in [-0.25, -0.2) is 8.42 Å². The molecule has 0 saturated carbocycles. The normalized spacial score (nSPS) is 19.3. The van der Waals surface area contributed by atoms with E-state index in [0.717, 1.165) is 5.56 Å². The summed E-state index contributed by atoms with van der Waals surface area (Å²) >= 11 is 0. The van der Waals surface area contributed by atoms with Crippen molar-refractivity contribution in [3.05, 3.63) is 48.0 Å². The van der Waals surface area contributed by atoms with Gasteiger partial charge in [-0.15, -0.1) is 0 Å². The Morgan fingerprint density at radius 1 is 1.21 bits per heavy atom. The summed E-state index contributed by atoms with van der Waals surface area (Å²) in [5.74, 6) is 0.187. The van der Waals surface area contributed by atoms with E-state index in [1.807, 2.05) is 24.3 Å². The Kier molecular flexibility index (Phi) is 3.28. The first kappa shape index (κ1) is 15.0. The summed E-state index contributed by atoms with van der Waals surface area (Å²) in [4.78, 5) is 11.9. The zero-order valence-electron chi connectivity index (χ0n) is 13.0. The van der Waals surface area contributed by atoms with E-state index < -0.39 is 16.1 Å². The number of ether oxygens (including phenoxy) is 1. The number of hydrogen-bond acceptors (Lipinski definition) is 4. The molecule has 6 nitrogen and oxygen atoms in total. The average molecular weight is 344 g/mol. The average Bonchev–Trinajstić information content (AvgIpc) is 3.00. The molecule has 2 aliphatic rings. The van der Waals surface area contributed by atoms with Crippen LogP contribution in [0.4, 0.5) is 11.4 Å². The lowest BCUT2D eigenvalue weighted by Gasteiger charge is -2.25. The number of nitrogens with one attached hydrogen (secondary N) is 1. The number of rotatable bonds is 2. The molecule has 124 valence electrons. The number of sulfonamides is 1. The lowest BCUT2D eigenvalue weighted by Crippen LogP contribution is -2.34. The number of anilines is 2. The Bertz CT molecular complexity index is 939. The van der Waals surface area contributed by atoms with E-state index in [2.05, 4.69) is 5.32 Å². The summed E-state index contributed by atoms with van der Waals surface area (Å²) in [5.41, 5.74) is 2.11. The van der Waals surface area contributed by atoms with Gasteiger partial charge >= 0.3 is 0 Å². The molecule has 4 rings (SSSR count). The highest BCUT2D eigenvalue weighted by Gasteiger charge is 2.32. The Morgan fingerprint density at radius 2 is 2.00 bits per heavy atom. The van der Waals surface area contributed by atoms with Crippen molar-refractivity contribution in [3.63, 3.8) is 0 Å². The lowest BCUT2D eigenvalue weighted by molar-refractivity contribution is -0.122. The van der Waals surface area contributed by atoms with Crippen molar-refractivity contribution in [1.29, 1.82) is 0 Å². The minimum absolute atomic E-state index is 0.136. The molecular formula is C17H16N2O4S.